The first kappa shape index (κ1) is 16.0. The molecule has 2 aromatic rings. The van der Waals surface area contributed by atoms with Crippen molar-refractivity contribution < 1.29 is 0 Å². The van der Waals surface area contributed by atoms with Crippen molar-refractivity contribution in [2.75, 3.05) is 24.4 Å². The van der Waals surface area contributed by atoms with Crippen LogP contribution in [0.5, 0.6) is 0 Å². The molecule has 1 aromatic carbocycles. The van der Waals surface area contributed by atoms with Gasteiger partial charge >= 0.3 is 0 Å². The highest BCUT2D eigenvalue weighted by Gasteiger charge is 2.29. The van der Waals surface area contributed by atoms with Crippen molar-refractivity contribution in [3.63, 3.8) is 0 Å². The number of aromatic nitrogens is 2. The van der Waals surface area contributed by atoms with Gasteiger partial charge in [0, 0.05) is 23.4 Å². The summed E-state index contributed by atoms with van der Waals surface area (Å²) in [6.07, 6.45) is 4.16. The molecule has 1 aromatic heterocycles. The van der Waals surface area contributed by atoms with Gasteiger partial charge in [-0.3, -0.25) is 4.90 Å². The highest BCUT2D eigenvalue weighted by atomic mass is 32.2. The van der Waals surface area contributed by atoms with E-state index in [9.17, 15) is 0 Å². The number of H-pyrrole nitrogens is 1. The molecule has 3 rings (SSSR count). The van der Waals surface area contributed by atoms with Gasteiger partial charge in [-0.2, -0.15) is 11.8 Å². The summed E-state index contributed by atoms with van der Waals surface area (Å²) in [6, 6.07) is 9.02. The number of hydrogen-bond donors (Lipinski definition) is 1. The minimum absolute atomic E-state index is 0.416. The monoisotopic (exact) mass is 333 g/mol. The third-order valence-electron chi connectivity index (χ3n) is 4.14. The van der Waals surface area contributed by atoms with E-state index in [1.54, 1.807) is 0 Å². The van der Waals surface area contributed by atoms with Crippen molar-refractivity contribution in [3.05, 3.63) is 41.9 Å². The lowest BCUT2D eigenvalue weighted by Crippen LogP contribution is -2.30. The molecule has 1 fully saturated rings. The average Bonchev–Trinajstić information content (AvgIpc) is 3.16. The summed E-state index contributed by atoms with van der Waals surface area (Å²) in [5, 5.41) is 0.660. The van der Waals surface area contributed by atoms with Crippen molar-refractivity contribution in [2.24, 2.45) is 0 Å². The van der Waals surface area contributed by atoms with Gasteiger partial charge in [0.05, 0.1) is 17.9 Å². The molecule has 0 spiro atoms. The van der Waals surface area contributed by atoms with Crippen LogP contribution in [0.4, 0.5) is 0 Å². The fourth-order valence-corrected chi connectivity index (χ4v) is 4.26. The Kier molecular flexibility index (Phi) is 5.16. The molecule has 2 heterocycles. The SMILES string of the molecule is CSC(C)CN1CSCC1c1ncc(-c2ccc(C)cc2)[nH]1. The van der Waals surface area contributed by atoms with Crippen molar-refractivity contribution >= 4 is 23.5 Å². The molecule has 22 heavy (non-hydrogen) atoms. The first-order valence-electron chi connectivity index (χ1n) is 7.64. The van der Waals surface area contributed by atoms with Crippen LogP contribution in [0.1, 0.15) is 24.4 Å². The molecule has 0 bridgehead atoms. The molecular formula is C17H23N3S2. The van der Waals surface area contributed by atoms with E-state index in [4.69, 9.17) is 0 Å². The molecule has 0 radical (unpaired) electrons. The molecule has 3 nitrogen and oxygen atoms in total. The second-order valence-electron chi connectivity index (χ2n) is 5.88. The van der Waals surface area contributed by atoms with Crippen LogP contribution < -0.4 is 0 Å². The third kappa shape index (κ3) is 3.53. The Labute approximate surface area is 141 Å². The van der Waals surface area contributed by atoms with E-state index < -0.39 is 0 Å². The minimum atomic E-state index is 0.416. The first-order chi connectivity index (χ1) is 10.7. The fraction of sp³-hybridized carbons (Fsp3) is 0.471. The smallest absolute Gasteiger partial charge is 0.124 e. The molecule has 1 aliphatic heterocycles. The van der Waals surface area contributed by atoms with E-state index in [1.165, 1.54) is 11.1 Å². The lowest BCUT2D eigenvalue weighted by molar-refractivity contribution is 0.265. The van der Waals surface area contributed by atoms with E-state index in [1.807, 2.05) is 29.7 Å². The van der Waals surface area contributed by atoms with Crippen molar-refractivity contribution in [1.29, 1.82) is 0 Å². The van der Waals surface area contributed by atoms with Crippen LogP contribution >= 0.6 is 23.5 Å². The van der Waals surface area contributed by atoms with Crippen LogP contribution in [0.15, 0.2) is 30.5 Å². The van der Waals surface area contributed by atoms with Gasteiger partial charge in [-0.15, -0.1) is 11.8 Å². The van der Waals surface area contributed by atoms with Gasteiger partial charge < -0.3 is 4.98 Å². The maximum absolute atomic E-state index is 4.66. The molecular weight excluding hydrogens is 310 g/mol. The molecule has 1 aliphatic rings. The average molecular weight is 334 g/mol. The van der Waals surface area contributed by atoms with Crippen LogP contribution in [0.3, 0.4) is 0 Å². The Bertz CT molecular complexity index is 609. The molecule has 2 atom stereocenters. The zero-order valence-electron chi connectivity index (χ0n) is 13.4. The second-order valence-corrected chi connectivity index (χ2v) is 8.16. The van der Waals surface area contributed by atoms with Gasteiger partial charge in [0.1, 0.15) is 5.82 Å². The number of hydrogen-bond acceptors (Lipinski definition) is 4. The van der Waals surface area contributed by atoms with Gasteiger partial charge in [0.15, 0.2) is 0 Å². The highest BCUT2D eigenvalue weighted by molar-refractivity contribution is 7.99. The summed E-state index contributed by atoms with van der Waals surface area (Å²) < 4.78 is 0. The Morgan fingerprint density at radius 2 is 2.18 bits per heavy atom. The Hall–Kier alpha value is -0.910. The molecule has 118 valence electrons. The number of aryl methyl sites for hydroxylation is 1. The Morgan fingerprint density at radius 3 is 2.91 bits per heavy atom. The van der Waals surface area contributed by atoms with Gasteiger partial charge in [0.25, 0.3) is 0 Å². The predicted molar refractivity (Wildman–Crippen MR) is 98.5 cm³/mol. The number of imidazole rings is 1. The number of rotatable bonds is 5. The zero-order chi connectivity index (χ0) is 15.5. The number of benzene rings is 1. The summed E-state index contributed by atoms with van der Waals surface area (Å²) >= 11 is 3.93. The molecule has 0 aliphatic carbocycles. The van der Waals surface area contributed by atoms with E-state index in [-0.39, 0.29) is 0 Å². The largest absolute Gasteiger partial charge is 0.341 e. The first-order valence-corrected chi connectivity index (χ1v) is 10.1. The maximum Gasteiger partial charge on any atom is 0.124 e. The van der Waals surface area contributed by atoms with Crippen LogP contribution in [-0.2, 0) is 0 Å². The molecule has 1 saturated heterocycles. The summed E-state index contributed by atoms with van der Waals surface area (Å²) in [5.74, 6) is 3.34. The van der Waals surface area contributed by atoms with Gasteiger partial charge in [0.2, 0.25) is 0 Å². The van der Waals surface area contributed by atoms with E-state index in [0.29, 0.717) is 11.3 Å². The summed E-state index contributed by atoms with van der Waals surface area (Å²) in [5.41, 5.74) is 3.61. The van der Waals surface area contributed by atoms with Crippen LogP contribution in [-0.4, -0.2) is 44.5 Å². The van der Waals surface area contributed by atoms with E-state index in [0.717, 1.165) is 29.7 Å². The molecule has 5 heteroatoms. The summed E-state index contributed by atoms with van der Waals surface area (Å²) in [7, 11) is 0. The topological polar surface area (TPSA) is 31.9 Å². The zero-order valence-corrected chi connectivity index (χ0v) is 15.0. The van der Waals surface area contributed by atoms with Crippen molar-refractivity contribution in [1.82, 2.24) is 14.9 Å². The number of nitrogens with one attached hydrogen (secondary N) is 1. The Balaban J connectivity index is 1.76. The minimum Gasteiger partial charge on any atom is -0.341 e. The lowest BCUT2D eigenvalue weighted by atomic mass is 10.1. The predicted octanol–water partition coefficient (Wildman–Crippen LogP) is 4.18. The van der Waals surface area contributed by atoms with Crippen LogP contribution in [0, 0.1) is 6.92 Å². The standard InChI is InChI=1S/C17H23N3S2/c1-12-4-6-14(7-5-12)15-8-18-17(19-15)16-10-22-11-20(16)9-13(2)21-3/h4-8,13,16H,9-11H2,1-3H3,(H,18,19). The van der Waals surface area contributed by atoms with Crippen molar-refractivity contribution in [3.8, 4) is 11.3 Å². The lowest BCUT2D eigenvalue weighted by Gasteiger charge is -2.24. The molecule has 0 amide bonds. The van der Waals surface area contributed by atoms with Gasteiger partial charge in [-0.05, 0) is 18.7 Å². The number of nitrogens with zero attached hydrogens (tertiary/aromatic N) is 2. The molecule has 0 saturated carbocycles. The quantitative estimate of drug-likeness (QED) is 0.889. The fourth-order valence-electron chi connectivity index (χ4n) is 2.70. The number of aromatic amines is 1. The van der Waals surface area contributed by atoms with E-state index in [2.05, 4.69) is 59.2 Å². The third-order valence-corrected chi connectivity index (χ3v) is 6.16. The maximum atomic E-state index is 4.66. The van der Waals surface area contributed by atoms with Crippen LogP contribution in [0.2, 0.25) is 0 Å². The Morgan fingerprint density at radius 1 is 1.41 bits per heavy atom. The number of thioether (sulfide) groups is 2. The van der Waals surface area contributed by atoms with Gasteiger partial charge in [-0.25, -0.2) is 4.98 Å². The summed E-state index contributed by atoms with van der Waals surface area (Å²) in [4.78, 5) is 10.7. The van der Waals surface area contributed by atoms with Crippen LogP contribution in [0.25, 0.3) is 11.3 Å². The van der Waals surface area contributed by atoms with Gasteiger partial charge in [-0.1, -0.05) is 36.8 Å². The highest BCUT2D eigenvalue weighted by Crippen LogP contribution is 2.33. The van der Waals surface area contributed by atoms with E-state index >= 15 is 0 Å². The van der Waals surface area contributed by atoms with Crippen molar-refractivity contribution in [2.45, 2.75) is 25.1 Å². The normalized spacial score (nSPS) is 20.4. The molecule has 1 N–H and O–H groups in total. The molecule has 2 unspecified atom stereocenters. The second kappa shape index (κ2) is 7.11. The summed E-state index contributed by atoms with van der Waals surface area (Å²) in [6.45, 7) is 5.53.